The van der Waals surface area contributed by atoms with E-state index in [-0.39, 0.29) is 25.7 Å². The number of nitrogens with zero attached hydrogens (tertiary/aromatic N) is 1. The SMILES string of the molecule is CC(=O)OC[C@@H](NC(=O)OCc1ccccc1)[C@H]1CCN=C(NS(=O)(=O)OCC(Cl)(Cl)Cl)N1. The highest BCUT2D eigenvalue weighted by Crippen LogP contribution is 2.26. The number of nitrogens with one attached hydrogen (secondary N) is 3. The van der Waals surface area contributed by atoms with Crippen molar-refractivity contribution in [1.82, 2.24) is 15.4 Å². The molecule has 2 rings (SSSR count). The monoisotopic (exact) mass is 544 g/mol. The summed E-state index contributed by atoms with van der Waals surface area (Å²) in [6.45, 7) is 0.572. The minimum absolute atomic E-state index is 0.0398. The minimum Gasteiger partial charge on any atom is -0.464 e. The molecule has 33 heavy (non-hydrogen) atoms. The number of carbonyl (C=O) groups excluding carboxylic acids is 2. The molecule has 0 aliphatic carbocycles. The number of hydrogen-bond acceptors (Lipinski definition) is 9. The molecule has 0 fully saturated rings. The van der Waals surface area contributed by atoms with E-state index in [1.165, 1.54) is 6.92 Å². The Hall–Kier alpha value is -1.99. The first kappa shape index (κ1) is 27.3. The second-order valence-electron chi connectivity index (χ2n) is 6.82. The molecular weight excluding hydrogens is 523 g/mol. The number of hydrogen-bond donors (Lipinski definition) is 3. The normalized spacial score (nSPS) is 17.2. The highest BCUT2D eigenvalue weighted by molar-refractivity contribution is 7.85. The number of amides is 1. The fraction of sp³-hybridized carbons (Fsp3) is 0.500. The molecule has 2 atom stereocenters. The van der Waals surface area contributed by atoms with Gasteiger partial charge in [-0.15, -0.1) is 0 Å². The minimum atomic E-state index is -4.35. The van der Waals surface area contributed by atoms with Gasteiger partial charge in [-0.25, -0.2) is 13.7 Å². The number of carbonyl (C=O) groups is 2. The van der Waals surface area contributed by atoms with Crippen molar-refractivity contribution in [3.8, 4) is 0 Å². The lowest BCUT2D eigenvalue weighted by molar-refractivity contribution is -0.141. The molecule has 0 bridgehead atoms. The van der Waals surface area contributed by atoms with Crippen molar-refractivity contribution in [3.05, 3.63) is 35.9 Å². The number of halogens is 3. The Bertz CT molecular complexity index is 942. The van der Waals surface area contributed by atoms with Crippen LogP contribution in [0.4, 0.5) is 4.79 Å². The van der Waals surface area contributed by atoms with Crippen molar-refractivity contribution < 1.29 is 31.7 Å². The third-order valence-corrected chi connectivity index (χ3v) is 5.30. The van der Waals surface area contributed by atoms with Crippen molar-refractivity contribution in [2.75, 3.05) is 19.8 Å². The molecule has 0 spiro atoms. The zero-order valence-electron chi connectivity index (χ0n) is 17.4. The average molecular weight is 546 g/mol. The predicted octanol–water partition coefficient (Wildman–Crippen LogP) is 1.78. The van der Waals surface area contributed by atoms with Crippen LogP contribution in [0.1, 0.15) is 18.9 Å². The number of guanidine groups is 1. The van der Waals surface area contributed by atoms with Crippen LogP contribution in [0.25, 0.3) is 0 Å². The molecule has 0 unspecified atom stereocenters. The van der Waals surface area contributed by atoms with Gasteiger partial charge < -0.3 is 20.1 Å². The fourth-order valence-electron chi connectivity index (χ4n) is 2.65. The highest BCUT2D eigenvalue weighted by atomic mass is 35.6. The molecule has 15 heteroatoms. The van der Waals surface area contributed by atoms with Gasteiger partial charge in [0, 0.05) is 13.5 Å². The molecule has 1 aromatic rings. The number of aliphatic imine (C=N–C) groups is 1. The second-order valence-corrected chi connectivity index (χ2v) is 10.7. The molecule has 1 heterocycles. The number of alkyl halides is 3. The van der Waals surface area contributed by atoms with Crippen molar-refractivity contribution >= 4 is 63.1 Å². The summed E-state index contributed by atoms with van der Waals surface area (Å²) in [5, 5.41) is 5.45. The van der Waals surface area contributed by atoms with Crippen LogP contribution in [0.5, 0.6) is 0 Å². The van der Waals surface area contributed by atoms with Crippen LogP contribution >= 0.6 is 34.8 Å². The molecule has 0 radical (unpaired) electrons. The van der Waals surface area contributed by atoms with Crippen molar-refractivity contribution in [1.29, 1.82) is 0 Å². The zero-order chi connectivity index (χ0) is 24.5. The smallest absolute Gasteiger partial charge is 0.407 e. The van der Waals surface area contributed by atoms with Crippen LogP contribution in [0.15, 0.2) is 35.3 Å². The first-order chi connectivity index (χ1) is 15.4. The Labute approximate surface area is 206 Å². The maximum absolute atomic E-state index is 12.3. The lowest BCUT2D eigenvalue weighted by Gasteiger charge is -2.31. The van der Waals surface area contributed by atoms with Crippen molar-refractivity contribution in [2.45, 2.75) is 35.8 Å². The number of benzene rings is 1. The van der Waals surface area contributed by atoms with Gasteiger partial charge in [-0.2, -0.15) is 8.42 Å². The van der Waals surface area contributed by atoms with Gasteiger partial charge in [-0.05, 0) is 12.0 Å². The van der Waals surface area contributed by atoms with E-state index in [2.05, 4.69) is 24.5 Å². The van der Waals surface area contributed by atoms with E-state index in [1.807, 2.05) is 18.2 Å². The standard InChI is InChI=1S/C18H23Cl3N4O7S/c1-12(26)30-10-15(24-17(27)31-9-13-5-3-2-4-6-13)14-7-8-22-16(23-14)25-33(28,29)32-11-18(19,20)21/h2-6,14-15H,7-11H2,1H3,(H,24,27)(H2,22,23,25)/t14-,15-/m1/s1. The predicted molar refractivity (Wildman–Crippen MR) is 122 cm³/mol. The summed E-state index contributed by atoms with van der Waals surface area (Å²) in [6.07, 6.45) is -0.348. The maximum atomic E-state index is 12.3. The first-order valence-corrected chi connectivity index (χ1v) is 12.1. The van der Waals surface area contributed by atoms with Crippen LogP contribution in [0.3, 0.4) is 0 Å². The molecule has 3 N–H and O–H groups in total. The van der Waals surface area contributed by atoms with Gasteiger partial charge in [0.1, 0.15) is 19.8 Å². The quantitative estimate of drug-likeness (QED) is 0.315. The van der Waals surface area contributed by atoms with Gasteiger partial charge in [0.2, 0.25) is 9.75 Å². The number of esters is 1. The van der Waals surface area contributed by atoms with Crippen LogP contribution in [0, 0.1) is 0 Å². The summed E-state index contributed by atoms with van der Waals surface area (Å²) in [6, 6.07) is 7.74. The van der Waals surface area contributed by atoms with Gasteiger partial charge in [0.25, 0.3) is 0 Å². The molecule has 1 amide bonds. The van der Waals surface area contributed by atoms with E-state index < -0.39 is 44.8 Å². The molecule has 11 nitrogen and oxygen atoms in total. The lowest BCUT2D eigenvalue weighted by atomic mass is 10.0. The summed E-state index contributed by atoms with van der Waals surface area (Å²) in [7, 11) is -4.35. The third-order valence-electron chi connectivity index (χ3n) is 4.10. The fourth-order valence-corrected chi connectivity index (χ4v) is 3.76. The Morgan fingerprint density at radius 3 is 2.58 bits per heavy atom. The van der Waals surface area contributed by atoms with Gasteiger partial charge >= 0.3 is 22.4 Å². The maximum Gasteiger partial charge on any atom is 0.407 e. The zero-order valence-corrected chi connectivity index (χ0v) is 20.5. The third kappa shape index (κ3) is 11.1. The van der Waals surface area contributed by atoms with Crippen molar-refractivity contribution in [3.63, 3.8) is 0 Å². The summed E-state index contributed by atoms with van der Waals surface area (Å²) in [5.41, 5.74) is 0.790. The largest absolute Gasteiger partial charge is 0.464 e. The lowest BCUT2D eigenvalue weighted by Crippen LogP contribution is -2.58. The van der Waals surface area contributed by atoms with Crippen LogP contribution in [-0.4, -0.2) is 62.1 Å². The van der Waals surface area contributed by atoms with Crippen LogP contribution in [0.2, 0.25) is 0 Å². The summed E-state index contributed by atoms with van der Waals surface area (Å²) in [5.74, 6) is -0.701. The number of rotatable bonds is 9. The Kier molecular flexibility index (Phi) is 10.3. The van der Waals surface area contributed by atoms with E-state index in [4.69, 9.17) is 44.3 Å². The molecule has 1 aliphatic rings. The summed E-state index contributed by atoms with van der Waals surface area (Å²) >= 11 is 16.5. The van der Waals surface area contributed by atoms with Gasteiger partial charge in [-0.1, -0.05) is 65.1 Å². The van der Waals surface area contributed by atoms with Gasteiger partial charge in [-0.3, -0.25) is 9.79 Å². The van der Waals surface area contributed by atoms with Crippen LogP contribution in [-0.2, 0) is 35.4 Å². The molecular formula is C18H23Cl3N4O7S. The molecule has 184 valence electrons. The topological polar surface area (TPSA) is 144 Å². The Balaban J connectivity index is 1.98. The van der Waals surface area contributed by atoms with E-state index >= 15 is 0 Å². The second kappa shape index (κ2) is 12.5. The molecule has 0 saturated heterocycles. The van der Waals surface area contributed by atoms with Gasteiger partial charge in [0.15, 0.2) is 0 Å². The Morgan fingerprint density at radius 1 is 1.24 bits per heavy atom. The van der Waals surface area contributed by atoms with E-state index in [9.17, 15) is 18.0 Å². The van der Waals surface area contributed by atoms with E-state index in [0.717, 1.165) is 5.56 Å². The average Bonchev–Trinajstić information content (AvgIpc) is 2.74. The number of ether oxygens (including phenoxy) is 2. The van der Waals surface area contributed by atoms with Crippen LogP contribution < -0.4 is 15.4 Å². The summed E-state index contributed by atoms with van der Waals surface area (Å²) < 4.78 is 39.1. The van der Waals surface area contributed by atoms with Crippen molar-refractivity contribution in [2.24, 2.45) is 4.99 Å². The number of alkyl carbamates (subject to hydrolysis) is 1. The van der Waals surface area contributed by atoms with E-state index in [1.54, 1.807) is 12.1 Å². The molecule has 1 aliphatic heterocycles. The molecule has 0 saturated carbocycles. The van der Waals surface area contributed by atoms with Gasteiger partial charge in [0.05, 0.1) is 12.1 Å². The highest BCUT2D eigenvalue weighted by Gasteiger charge is 2.30. The van der Waals surface area contributed by atoms with E-state index in [0.29, 0.717) is 6.42 Å². The molecule has 1 aromatic carbocycles. The first-order valence-electron chi connectivity index (χ1n) is 9.59. The molecule has 0 aromatic heterocycles. The summed E-state index contributed by atoms with van der Waals surface area (Å²) in [4.78, 5) is 27.6. The Morgan fingerprint density at radius 2 is 1.94 bits per heavy atom.